The van der Waals surface area contributed by atoms with E-state index < -0.39 is 4.92 Å². The molecule has 0 heterocycles. The normalized spacial score (nSPS) is 10.4. The number of nitrogens with one attached hydrogen (secondary N) is 1. The molecular weight excluding hydrogens is 336 g/mol. The van der Waals surface area contributed by atoms with E-state index in [1.165, 1.54) is 6.07 Å². The fourth-order valence-corrected chi connectivity index (χ4v) is 2.15. The number of rotatable bonds is 6. The van der Waals surface area contributed by atoms with Crippen LogP contribution in [0.2, 0.25) is 0 Å². The summed E-state index contributed by atoms with van der Waals surface area (Å²) in [5, 5.41) is 14.1. The van der Waals surface area contributed by atoms with E-state index in [1.807, 2.05) is 31.3 Å². The SMILES string of the molecule is CNCc1ccc([N+](=O)[O-])c(OCc2ccc(Br)cc2)c1. The summed E-state index contributed by atoms with van der Waals surface area (Å²) in [4.78, 5) is 10.6. The lowest BCUT2D eigenvalue weighted by molar-refractivity contribution is -0.386. The van der Waals surface area contributed by atoms with Gasteiger partial charge < -0.3 is 10.1 Å². The van der Waals surface area contributed by atoms with E-state index in [0.717, 1.165) is 15.6 Å². The van der Waals surface area contributed by atoms with Crippen LogP contribution < -0.4 is 10.1 Å². The third kappa shape index (κ3) is 4.27. The van der Waals surface area contributed by atoms with Crippen LogP contribution in [0.3, 0.4) is 0 Å². The molecule has 21 heavy (non-hydrogen) atoms. The minimum Gasteiger partial charge on any atom is -0.482 e. The number of nitro benzene ring substituents is 1. The molecule has 0 radical (unpaired) electrons. The Hall–Kier alpha value is -1.92. The number of nitrogens with zero attached hydrogens (tertiary/aromatic N) is 1. The topological polar surface area (TPSA) is 64.4 Å². The van der Waals surface area contributed by atoms with Crippen molar-refractivity contribution in [3.63, 3.8) is 0 Å². The van der Waals surface area contributed by atoms with E-state index in [0.29, 0.717) is 6.54 Å². The van der Waals surface area contributed by atoms with Crippen molar-refractivity contribution < 1.29 is 9.66 Å². The van der Waals surface area contributed by atoms with Gasteiger partial charge in [0.2, 0.25) is 0 Å². The second-order valence-corrected chi connectivity index (χ2v) is 5.42. The Kier molecular flexibility index (Phi) is 5.30. The first kappa shape index (κ1) is 15.5. The summed E-state index contributed by atoms with van der Waals surface area (Å²) in [5.41, 5.74) is 1.87. The summed E-state index contributed by atoms with van der Waals surface area (Å²) in [6, 6.07) is 12.5. The molecule has 0 saturated carbocycles. The predicted molar refractivity (Wildman–Crippen MR) is 84.3 cm³/mol. The molecule has 0 spiro atoms. The van der Waals surface area contributed by atoms with Crippen molar-refractivity contribution >= 4 is 21.6 Å². The van der Waals surface area contributed by atoms with Gasteiger partial charge in [0, 0.05) is 17.1 Å². The highest BCUT2D eigenvalue weighted by molar-refractivity contribution is 9.10. The van der Waals surface area contributed by atoms with Gasteiger partial charge >= 0.3 is 5.69 Å². The molecule has 0 saturated heterocycles. The number of nitro groups is 1. The highest BCUT2D eigenvalue weighted by Gasteiger charge is 2.15. The molecule has 2 aromatic carbocycles. The van der Waals surface area contributed by atoms with E-state index in [1.54, 1.807) is 12.1 Å². The molecule has 0 aliphatic rings. The molecule has 0 atom stereocenters. The van der Waals surface area contributed by atoms with Crippen LogP contribution in [0.5, 0.6) is 5.75 Å². The highest BCUT2D eigenvalue weighted by atomic mass is 79.9. The van der Waals surface area contributed by atoms with Gasteiger partial charge in [0.25, 0.3) is 0 Å². The lowest BCUT2D eigenvalue weighted by atomic mass is 10.2. The molecule has 0 aliphatic heterocycles. The zero-order chi connectivity index (χ0) is 15.2. The smallest absolute Gasteiger partial charge is 0.310 e. The number of hydrogen-bond donors (Lipinski definition) is 1. The lowest BCUT2D eigenvalue weighted by Crippen LogP contribution is -2.06. The Balaban J connectivity index is 2.18. The largest absolute Gasteiger partial charge is 0.482 e. The van der Waals surface area contributed by atoms with Gasteiger partial charge in [-0.3, -0.25) is 10.1 Å². The molecule has 0 fully saturated rings. The summed E-state index contributed by atoms with van der Waals surface area (Å²) in [7, 11) is 1.82. The number of halogens is 1. The Morgan fingerprint density at radius 2 is 1.86 bits per heavy atom. The Labute approximate surface area is 131 Å². The van der Waals surface area contributed by atoms with Gasteiger partial charge in [-0.15, -0.1) is 0 Å². The van der Waals surface area contributed by atoms with Gasteiger partial charge in [-0.1, -0.05) is 34.1 Å². The number of benzene rings is 2. The van der Waals surface area contributed by atoms with Crippen molar-refractivity contribution in [2.75, 3.05) is 7.05 Å². The summed E-state index contributed by atoms with van der Waals surface area (Å²) in [6.45, 7) is 0.920. The first-order valence-electron chi connectivity index (χ1n) is 6.39. The minimum absolute atomic E-state index is 0.0213. The van der Waals surface area contributed by atoms with Gasteiger partial charge in [-0.2, -0.15) is 0 Å². The molecule has 2 rings (SSSR count). The van der Waals surface area contributed by atoms with E-state index in [9.17, 15) is 10.1 Å². The van der Waals surface area contributed by atoms with Crippen molar-refractivity contribution in [2.45, 2.75) is 13.2 Å². The molecule has 1 N–H and O–H groups in total. The predicted octanol–water partition coefficient (Wildman–Crippen LogP) is 3.66. The van der Waals surface area contributed by atoms with Crippen LogP contribution in [-0.4, -0.2) is 12.0 Å². The Morgan fingerprint density at radius 1 is 1.19 bits per heavy atom. The van der Waals surface area contributed by atoms with Crippen LogP contribution in [0.15, 0.2) is 46.9 Å². The fourth-order valence-electron chi connectivity index (χ4n) is 1.88. The van der Waals surface area contributed by atoms with Gasteiger partial charge in [0.15, 0.2) is 5.75 Å². The zero-order valence-electron chi connectivity index (χ0n) is 11.5. The van der Waals surface area contributed by atoms with Crippen molar-refractivity contribution in [2.24, 2.45) is 0 Å². The van der Waals surface area contributed by atoms with Gasteiger partial charge in [0.1, 0.15) is 6.61 Å². The molecule has 6 heteroatoms. The lowest BCUT2D eigenvalue weighted by Gasteiger charge is -2.09. The molecule has 0 aromatic heterocycles. The van der Waals surface area contributed by atoms with E-state index in [2.05, 4.69) is 21.2 Å². The molecule has 5 nitrogen and oxygen atoms in total. The van der Waals surface area contributed by atoms with Crippen LogP contribution >= 0.6 is 15.9 Å². The zero-order valence-corrected chi connectivity index (χ0v) is 13.1. The van der Waals surface area contributed by atoms with Gasteiger partial charge in [0.05, 0.1) is 4.92 Å². The molecule has 0 amide bonds. The second-order valence-electron chi connectivity index (χ2n) is 4.50. The monoisotopic (exact) mass is 350 g/mol. The first-order chi connectivity index (χ1) is 10.1. The maximum absolute atomic E-state index is 11.1. The third-order valence-corrected chi connectivity index (χ3v) is 3.44. The minimum atomic E-state index is -0.430. The van der Waals surface area contributed by atoms with Crippen molar-refractivity contribution in [1.82, 2.24) is 5.32 Å². The Morgan fingerprint density at radius 3 is 2.48 bits per heavy atom. The summed E-state index contributed by atoms with van der Waals surface area (Å²) in [6.07, 6.45) is 0. The van der Waals surface area contributed by atoms with Crippen molar-refractivity contribution in [1.29, 1.82) is 0 Å². The summed E-state index contributed by atoms with van der Waals surface area (Å²) >= 11 is 3.36. The average Bonchev–Trinajstić information content (AvgIpc) is 2.47. The Bertz CT molecular complexity index is 629. The van der Waals surface area contributed by atoms with Gasteiger partial charge in [-0.05, 0) is 36.4 Å². The summed E-state index contributed by atoms with van der Waals surface area (Å²) < 4.78 is 6.61. The molecular formula is C15H15BrN2O3. The molecule has 0 aliphatic carbocycles. The third-order valence-electron chi connectivity index (χ3n) is 2.91. The van der Waals surface area contributed by atoms with Crippen LogP contribution in [0, 0.1) is 10.1 Å². The standard InChI is InChI=1S/C15H15BrN2O3/c1-17-9-12-4-7-14(18(19)20)15(8-12)21-10-11-2-5-13(16)6-3-11/h2-8,17H,9-10H2,1H3. The number of hydrogen-bond acceptors (Lipinski definition) is 4. The maximum atomic E-state index is 11.1. The average molecular weight is 351 g/mol. The fraction of sp³-hybridized carbons (Fsp3) is 0.200. The van der Waals surface area contributed by atoms with Crippen LogP contribution in [0.25, 0.3) is 0 Å². The quantitative estimate of drug-likeness (QED) is 0.637. The molecule has 0 bridgehead atoms. The van der Waals surface area contributed by atoms with Crippen molar-refractivity contribution in [3.05, 3.63) is 68.2 Å². The first-order valence-corrected chi connectivity index (χ1v) is 7.18. The van der Waals surface area contributed by atoms with E-state index in [4.69, 9.17) is 4.74 Å². The molecule has 0 unspecified atom stereocenters. The maximum Gasteiger partial charge on any atom is 0.310 e. The van der Waals surface area contributed by atoms with Crippen LogP contribution in [-0.2, 0) is 13.2 Å². The highest BCUT2D eigenvalue weighted by Crippen LogP contribution is 2.28. The van der Waals surface area contributed by atoms with E-state index in [-0.39, 0.29) is 18.0 Å². The second kappa shape index (κ2) is 7.19. The van der Waals surface area contributed by atoms with Gasteiger partial charge in [-0.25, -0.2) is 0 Å². The number of ether oxygens (including phenoxy) is 1. The van der Waals surface area contributed by atoms with Crippen molar-refractivity contribution in [3.8, 4) is 5.75 Å². The van der Waals surface area contributed by atoms with Crippen LogP contribution in [0.4, 0.5) is 5.69 Å². The van der Waals surface area contributed by atoms with Crippen LogP contribution in [0.1, 0.15) is 11.1 Å². The molecule has 2 aromatic rings. The van der Waals surface area contributed by atoms with E-state index >= 15 is 0 Å². The summed E-state index contributed by atoms with van der Waals surface area (Å²) in [5.74, 6) is 0.288. The molecule has 110 valence electrons.